The van der Waals surface area contributed by atoms with Crippen molar-refractivity contribution in [3.63, 3.8) is 0 Å². The molecular weight excluding hydrogens is 354 g/mol. The lowest BCUT2D eigenvalue weighted by molar-refractivity contribution is -0.132. The smallest absolute Gasteiger partial charge is 0.251 e. The van der Waals surface area contributed by atoms with E-state index >= 15 is 0 Å². The van der Waals surface area contributed by atoms with Crippen LogP contribution in [0.3, 0.4) is 0 Å². The quantitative estimate of drug-likeness (QED) is 0.895. The summed E-state index contributed by atoms with van der Waals surface area (Å²) < 4.78 is 32.8. The maximum atomic E-state index is 14.2. The number of halogens is 2. The molecule has 1 aliphatic rings. The van der Waals surface area contributed by atoms with Gasteiger partial charge in [-0.05, 0) is 30.2 Å². The van der Waals surface area contributed by atoms with Gasteiger partial charge < -0.3 is 15.0 Å². The van der Waals surface area contributed by atoms with Crippen LogP contribution in [-0.2, 0) is 4.79 Å². The third kappa shape index (κ3) is 4.07. The molecule has 1 atom stereocenters. The normalized spacial score (nSPS) is 17.0. The van der Waals surface area contributed by atoms with E-state index in [0.29, 0.717) is 30.5 Å². The van der Waals surface area contributed by atoms with Crippen LogP contribution in [-0.4, -0.2) is 43.5 Å². The number of nitrogens with zero attached hydrogens (tertiary/aromatic N) is 1. The molecule has 1 fully saturated rings. The second-order valence-corrected chi connectivity index (χ2v) is 6.53. The highest BCUT2D eigenvalue weighted by atomic mass is 19.1. The Bertz CT molecular complexity index is 868. The van der Waals surface area contributed by atoms with Gasteiger partial charge in [-0.15, -0.1) is 0 Å². The summed E-state index contributed by atoms with van der Waals surface area (Å²) in [5, 5.41) is 2.90. The van der Waals surface area contributed by atoms with Crippen LogP contribution < -0.4 is 10.1 Å². The van der Waals surface area contributed by atoms with Gasteiger partial charge in [0.15, 0.2) is 11.6 Å². The summed E-state index contributed by atoms with van der Waals surface area (Å²) in [6.07, 6.45) is 1.01. The van der Waals surface area contributed by atoms with E-state index in [1.165, 1.54) is 7.11 Å². The summed E-state index contributed by atoms with van der Waals surface area (Å²) in [5.41, 5.74) is 0.953. The molecule has 0 aromatic heterocycles. The Morgan fingerprint density at radius 3 is 2.52 bits per heavy atom. The van der Waals surface area contributed by atoms with E-state index in [2.05, 4.69) is 5.32 Å². The molecule has 1 heterocycles. The number of amides is 2. The molecule has 5 nitrogen and oxygen atoms in total. The highest BCUT2D eigenvalue weighted by molar-refractivity contribution is 5.95. The molecule has 27 heavy (non-hydrogen) atoms. The van der Waals surface area contributed by atoms with Crippen molar-refractivity contribution >= 4 is 11.8 Å². The standard InChI is InChI=1S/C20H20F2N2O3/c1-24-11-14(7-8-19(24)25)23-20(26)13-5-3-12(4-6-13)15-9-17(22)18(27-2)10-16(15)21/h3-6,9-10,14H,7-8,11H2,1-2H3,(H,23,26)/t14-/m0/s1. The van der Waals surface area contributed by atoms with Crippen LogP contribution >= 0.6 is 0 Å². The first-order valence-electron chi connectivity index (χ1n) is 8.57. The third-order valence-electron chi connectivity index (χ3n) is 4.66. The van der Waals surface area contributed by atoms with Gasteiger partial charge in [0, 0.05) is 43.2 Å². The van der Waals surface area contributed by atoms with Gasteiger partial charge in [-0.3, -0.25) is 9.59 Å². The molecule has 2 amide bonds. The summed E-state index contributed by atoms with van der Waals surface area (Å²) in [6, 6.07) is 8.21. The average molecular weight is 374 g/mol. The van der Waals surface area contributed by atoms with Gasteiger partial charge in [-0.25, -0.2) is 8.78 Å². The molecule has 1 N–H and O–H groups in total. The second kappa shape index (κ2) is 7.73. The highest BCUT2D eigenvalue weighted by Crippen LogP contribution is 2.29. The molecule has 0 spiro atoms. The molecule has 0 unspecified atom stereocenters. The summed E-state index contributed by atoms with van der Waals surface area (Å²) >= 11 is 0. The lowest BCUT2D eigenvalue weighted by Gasteiger charge is -2.30. The van der Waals surface area contributed by atoms with Gasteiger partial charge in [0.2, 0.25) is 5.91 Å². The topological polar surface area (TPSA) is 58.6 Å². The van der Waals surface area contributed by atoms with Gasteiger partial charge in [0.05, 0.1) is 7.11 Å². The highest BCUT2D eigenvalue weighted by Gasteiger charge is 2.24. The van der Waals surface area contributed by atoms with Crippen LogP contribution in [0.4, 0.5) is 8.78 Å². The van der Waals surface area contributed by atoms with Crippen molar-refractivity contribution in [2.75, 3.05) is 20.7 Å². The van der Waals surface area contributed by atoms with E-state index in [1.807, 2.05) is 0 Å². The second-order valence-electron chi connectivity index (χ2n) is 6.53. The van der Waals surface area contributed by atoms with Crippen molar-refractivity contribution in [3.8, 4) is 16.9 Å². The average Bonchev–Trinajstić information content (AvgIpc) is 2.66. The van der Waals surface area contributed by atoms with E-state index in [9.17, 15) is 18.4 Å². The molecule has 0 saturated carbocycles. The Morgan fingerprint density at radius 1 is 1.19 bits per heavy atom. The first kappa shape index (κ1) is 18.8. The fourth-order valence-electron chi connectivity index (χ4n) is 3.11. The van der Waals surface area contributed by atoms with E-state index in [1.54, 1.807) is 36.2 Å². The van der Waals surface area contributed by atoms with E-state index in [-0.39, 0.29) is 29.2 Å². The minimum Gasteiger partial charge on any atom is -0.494 e. The zero-order chi connectivity index (χ0) is 19.6. The van der Waals surface area contributed by atoms with E-state index in [0.717, 1.165) is 12.1 Å². The number of carbonyl (C=O) groups is 2. The molecule has 3 rings (SSSR count). The van der Waals surface area contributed by atoms with Gasteiger partial charge >= 0.3 is 0 Å². The SMILES string of the molecule is COc1cc(F)c(-c2ccc(C(=O)N[C@H]3CCC(=O)N(C)C3)cc2)cc1F. The number of likely N-dealkylation sites (N-methyl/N-ethyl adjacent to an activating group) is 1. The number of methoxy groups -OCH3 is 1. The van der Waals surface area contributed by atoms with Crippen LogP contribution in [0.5, 0.6) is 5.75 Å². The van der Waals surface area contributed by atoms with Crippen LogP contribution in [0, 0.1) is 11.6 Å². The minimum absolute atomic E-state index is 0.0682. The molecule has 0 aliphatic carbocycles. The maximum Gasteiger partial charge on any atom is 0.251 e. The molecule has 0 radical (unpaired) electrons. The Kier molecular flexibility index (Phi) is 5.39. The largest absolute Gasteiger partial charge is 0.494 e. The van der Waals surface area contributed by atoms with Crippen LogP contribution in [0.25, 0.3) is 11.1 Å². The zero-order valence-corrected chi connectivity index (χ0v) is 15.1. The molecule has 1 aliphatic heterocycles. The van der Waals surface area contributed by atoms with Crippen molar-refractivity contribution in [2.45, 2.75) is 18.9 Å². The summed E-state index contributed by atoms with van der Waals surface area (Å²) in [4.78, 5) is 25.5. The number of benzene rings is 2. The molecular formula is C20H20F2N2O3. The summed E-state index contributed by atoms with van der Waals surface area (Å²) in [7, 11) is 2.98. The predicted molar refractivity (Wildman–Crippen MR) is 96.5 cm³/mol. The summed E-state index contributed by atoms with van der Waals surface area (Å²) in [6.45, 7) is 0.471. The van der Waals surface area contributed by atoms with Gasteiger partial charge in [0.1, 0.15) is 5.82 Å². The fraction of sp³-hybridized carbons (Fsp3) is 0.300. The van der Waals surface area contributed by atoms with E-state index < -0.39 is 11.6 Å². The predicted octanol–water partition coefficient (Wildman–Crippen LogP) is 2.99. The monoisotopic (exact) mass is 374 g/mol. The Hall–Kier alpha value is -2.96. The number of rotatable bonds is 4. The molecule has 1 saturated heterocycles. The molecule has 2 aromatic carbocycles. The van der Waals surface area contributed by atoms with Gasteiger partial charge in [-0.1, -0.05) is 12.1 Å². The number of nitrogens with one attached hydrogen (secondary N) is 1. The first-order valence-corrected chi connectivity index (χ1v) is 8.57. The van der Waals surface area contributed by atoms with Crippen molar-refractivity contribution in [1.29, 1.82) is 0 Å². The number of piperidine rings is 1. The number of hydrogen-bond donors (Lipinski definition) is 1. The molecule has 7 heteroatoms. The minimum atomic E-state index is -0.660. The molecule has 142 valence electrons. The number of likely N-dealkylation sites (tertiary alicyclic amines) is 1. The van der Waals surface area contributed by atoms with Crippen LogP contribution in [0.15, 0.2) is 36.4 Å². The van der Waals surface area contributed by atoms with Gasteiger partial charge in [-0.2, -0.15) is 0 Å². The van der Waals surface area contributed by atoms with Crippen molar-refractivity contribution < 1.29 is 23.1 Å². The van der Waals surface area contributed by atoms with Crippen molar-refractivity contribution in [2.24, 2.45) is 0 Å². The number of hydrogen-bond acceptors (Lipinski definition) is 3. The van der Waals surface area contributed by atoms with Crippen LogP contribution in [0.1, 0.15) is 23.2 Å². The molecule has 0 bridgehead atoms. The molecule has 2 aromatic rings. The van der Waals surface area contributed by atoms with Crippen molar-refractivity contribution in [1.82, 2.24) is 10.2 Å². The van der Waals surface area contributed by atoms with Gasteiger partial charge in [0.25, 0.3) is 5.91 Å². The van der Waals surface area contributed by atoms with Crippen LogP contribution in [0.2, 0.25) is 0 Å². The Morgan fingerprint density at radius 2 is 1.89 bits per heavy atom. The zero-order valence-electron chi connectivity index (χ0n) is 15.1. The lowest BCUT2D eigenvalue weighted by Crippen LogP contribution is -2.48. The maximum absolute atomic E-state index is 14.2. The Labute approximate surface area is 155 Å². The summed E-state index contributed by atoms with van der Waals surface area (Å²) in [5.74, 6) is -1.63. The number of carbonyl (C=O) groups excluding carboxylic acids is 2. The Balaban J connectivity index is 1.73. The fourth-order valence-corrected chi connectivity index (χ4v) is 3.11. The lowest BCUT2D eigenvalue weighted by atomic mass is 10.0. The first-order chi connectivity index (χ1) is 12.9. The number of ether oxygens (including phenoxy) is 1. The van der Waals surface area contributed by atoms with Crippen molar-refractivity contribution in [3.05, 3.63) is 53.6 Å². The van der Waals surface area contributed by atoms with E-state index in [4.69, 9.17) is 4.74 Å². The third-order valence-corrected chi connectivity index (χ3v) is 4.66.